The number of aromatic nitrogens is 1. The molecule has 0 saturated heterocycles. The highest BCUT2D eigenvalue weighted by molar-refractivity contribution is 5.83. The van der Waals surface area contributed by atoms with Gasteiger partial charge in [0.2, 0.25) is 5.91 Å². The minimum absolute atomic E-state index is 0.248. The second-order valence-electron chi connectivity index (χ2n) is 8.45. The van der Waals surface area contributed by atoms with Crippen LogP contribution >= 0.6 is 0 Å². The molecule has 3 aliphatic rings. The third-order valence-electron chi connectivity index (χ3n) is 6.62. The van der Waals surface area contributed by atoms with E-state index in [0.717, 1.165) is 36.5 Å². The molecule has 134 valence electrons. The van der Waals surface area contributed by atoms with E-state index in [2.05, 4.69) is 54.6 Å². The lowest BCUT2D eigenvalue weighted by Gasteiger charge is -2.55. The molecular formula is C22H30N2O. The van der Waals surface area contributed by atoms with Gasteiger partial charge in [-0.2, -0.15) is 0 Å². The van der Waals surface area contributed by atoms with Gasteiger partial charge >= 0.3 is 0 Å². The fraction of sp³-hybridized carbons (Fsp3) is 0.591. The summed E-state index contributed by atoms with van der Waals surface area (Å²) in [4.78, 5) is 15.7. The van der Waals surface area contributed by atoms with E-state index in [1.807, 2.05) is 0 Å². The van der Waals surface area contributed by atoms with E-state index in [1.54, 1.807) is 0 Å². The Bertz CT molecular complexity index is 745. The predicted octanol–water partition coefficient (Wildman–Crippen LogP) is 4.68. The molecule has 1 amide bonds. The van der Waals surface area contributed by atoms with Crippen molar-refractivity contribution in [3.63, 3.8) is 0 Å². The number of aromatic amines is 1. The number of para-hydroxylation sites is 1. The van der Waals surface area contributed by atoms with E-state index in [0.29, 0.717) is 12.5 Å². The molecule has 0 spiro atoms. The number of benzene rings is 1. The fourth-order valence-electron chi connectivity index (χ4n) is 5.44. The van der Waals surface area contributed by atoms with Crippen molar-refractivity contribution in [3.05, 3.63) is 36.0 Å². The topological polar surface area (TPSA) is 44.9 Å². The van der Waals surface area contributed by atoms with Crippen LogP contribution in [0.1, 0.15) is 51.5 Å². The number of aryl methyl sites for hydroxylation is 1. The standard InChI is InChI=1S/C22H30N2O/c1-14(2)22-15-10-11-20(18(22)12-15)24-21(25)9-5-6-16-13-23-19-8-4-3-7-17(16)19/h3-4,7-8,13-15,18,20,22-23H,5-6,9-12H2,1-2H3,(H,24,25). The van der Waals surface area contributed by atoms with Crippen molar-refractivity contribution in [2.75, 3.05) is 0 Å². The molecule has 0 radical (unpaired) electrons. The number of carbonyl (C=O) groups excluding carboxylic acids is 1. The highest BCUT2D eigenvalue weighted by Gasteiger charge is 2.49. The van der Waals surface area contributed by atoms with Crippen LogP contribution in [0.2, 0.25) is 0 Å². The number of nitrogens with one attached hydrogen (secondary N) is 2. The van der Waals surface area contributed by atoms with Gasteiger partial charge in [0.05, 0.1) is 0 Å². The van der Waals surface area contributed by atoms with E-state index in [4.69, 9.17) is 0 Å². The molecule has 1 aromatic heterocycles. The second-order valence-corrected chi connectivity index (χ2v) is 8.45. The number of hydrogen-bond acceptors (Lipinski definition) is 1. The summed E-state index contributed by atoms with van der Waals surface area (Å²) < 4.78 is 0. The Labute approximate surface area is 150 Å². The average molecular weight is 338 g/mol. The Morgan fingerprint density at radius 1 is 1.28 bits per heavy atom. The summed E-state index contributed by atoms with van der Waals surface area (Å²) in [5, 5.41) is 4.65. The van der Waals surface area contributed by atoms with Gasteiger partial charge in [0, 0.05) is 29.6 Å². The first kappa shape index (κ1) is 16.7. The second kappa shape index (κ2) is 6.86. The Morgan fingerprint density at radius 3 is 2.92 bits per heavy atom. The number of carbonyl (C=O) groups is 1. The molecule has 5 rings (SSSR count). The molecule has 3 aliphatic carbocycles. The van der Waals surface area contributed by atoms with Crippen LogP contribution in [0.3, 0.4) is 0 Å². The van der Waals surface area contributed by atoms with E-state index >= 15 is 0 Å². The maximum atomic E-state index is 12.4. The molecule has 3 nitrogen and oxygen atoms in total. The zero-order valence-corrected chi connectivity index (χ0v) is 15.4. The summed E-state index contributed by atoms with van der Waals surface area (Å²) in [5.41, 5.74) is 2.51. The molecule has 2 bridgehead atoms. The highest BCUT2D eigenvalue weighted by atomic mass is 16.1. The molecule has 25 heavy (non-hydrogen) atoms. The largest absolute Gasteiger partial charge is 0.361 e. The highest BCUT2D eigenvalue weighted by Crippen LogP contribution is 2.53. The summed E-state index contributed by atoms with van der Waals surface area (Å²) >= 11 is 0. The van der Waals surface area contributed by atoms with E-state index < -0.39 is 0 Å². The zero-order chi connectivity index (χ0) is 17.4. The summed E-state index contributed by atoms with van der Waals surface area (Å²) in [6.07, 6.45) is 8.43. The number of hydrogen-bond donors (Lipinski definition) is 2. The molecule has 4 unspecified atom stereocenters. The third-order valence-corrected chi connectivity index (χ3v) is 6.62. The quantitative estimate of drug-likeness (QED) is 0.789. The van der Waals surface area contributed by atoms with Crippen LogP contribution in [0.15, 0.2) is 30.5 Å². The van der Waals surface area contributed by atoms with Crippen LogP contribution in [0.25, 0.3) is 10.9 Å². The molecule has 1 heterocycles. The van der Waals surface area contributed by atoms with Crippen molar-refractivity contribution in [3.8, 4) is 0 Å². The van der Waals surface area contributed by atoms with Gasteiger partial charge in [0.15, 0.2) is 0 Å². The molecule has 1 aromatic carbocycles. The lowest BCUT2D eigenvalue weighted by atomic mass is 9.52. The lowest BCUT2D eigenvalue weighted by Crippen LogP contribution is -2.56. The van der Waals surface area contributed by atoms with Gasteiger partial charge in [-0.15, -0.1) is 0 Å². The Balaban J connectivity index is 1.27. The maximum Gasteiger partial charge on any atom is 0.220 e. The Morgan fingerprint density at radius 2 is 2.12 bits per heavy atom. The van der Waals surface area contributed by atoms with Gasteiger partial charge < -0.3 is 10.3 Å². The fourth-order valence-corrected chi connectivity index (χ4v) is 5.44. The Kier molecular flexibility index (Phi) is 4.58. The van der Waals surface area contributed by atoms with Gasteiger partial charge in [-0.3, -0.25) is 4.79 Å². The first-order chi connectivity index (χ1) is 12.1. The molecule has 4 atom stereocenters. The van der Waals surface area contributed by atoms with Crippen LogP contribution in [0, 0.1) is 23.7 Å². The van der Waals surface area contributed by atoms with Gasteiger partial charge in [-0.05, 0) is 67.4 Å². The number of rotatable bonds is 6. The number of amides is 1. The first-order valence-corrected chi connectivity index (χ1v) is 9.98. The van der Waals surface area contributed by atoms with Crippen LogP contribution in [-0.2, 0) is 11.2 Å². The van der Waals surface area contributed by atoms with Gasteiger partial charge in [-0.1, -0.05) is 32.0 Å². The summed E-state index contributed by atoms with van der Waals surface area (Å²) in [5.74, 6) is 3.50. The van der Waals surface area contributed by atoms with Gasteiger partial charge in [-0.25, -0.2) is 0 Å². The SMILES string of the molecule is CC(C)C1C2CCC(NC(=O)CCCc3c[nH]c4ccccc34)C1C2. The number of H-pyrrole nitrogens is 1. The van der Waals surface area contributed by atoms with Gasteiger partial charge in [0.25, 0.3) is 0 Å². The molecule has 2 N–H and O–H groups in total. The molecule has 0 aliphatic heterocycles. The Hall–Kier alpha value is -1.77. The van der Waals surface area contributed by atoms with Crippen LogP contribution in [0.4, 0.5) is 0 Å². The smallest absolute Gasteiger partial charge is 0.220 e. The van der Waals surface area contributed by atoms with Crippen LogP contribution < -0.4 is 5.32 Å². The maximum absolute atomic E-state index is 12.4. The molecular weight excluding hydrogens is 308 g/mol. The number of fused-ring (bicyclic) bond motifs is 3. The molecule has 3 fully saturated rings. The monoisotopic (exact) mass is 338 g/mol. The third kappa shape index (κ3) is 3.21. The van der Waals surface area contributed by atoms with E-state index in [9.17, 15) is 4.79 Å². The van der Waals surface area contributed by atoms with Gasteiger partial charge in [0.1, 0.15) is 0 Å². The van der Waals surface area contributed by atoms with Crippen molar-refractivity contribution >= 4 is 16.8 Å². The predicted molar refractivity (Wildman–Crippen MR) is 102 cm³/mol. The van der Waals surface area contributed by atoms with Crippen molar-refractivity contribution in [1.29, 1.82) is 0 Å². The summed E-state index contributed by atoms with van der Waals surface area (Å²) in [6.45, 7) is 4.68. The average Bonchev–Trinajstić information content (AvgIpc) is 2.97. The lowest BCUT2D eigenvalue weighted by molar-refractivity contribution is -0.125. The van der Waals surface area contributed by atoms with Crippen molar-refractivity contribution < 1.29 is 4.79 Å². The summed E-state index contributed by atoms with van der Waals surface area (Å²) in [6, 6.07) is 8.81. The van der Waals surface area contributed by atoms with E-state index in [-0.39, 0.29) is 5.91 Å². The molecule has 3 saturated carbocycles. The van der Waals surface area contributed by atoms with Crippen molar-refractivity contribution in [2.24, 2.45) is 23.7 Å². The minimum atomic E-state index is 0.248. The molecule has 2 aromatic rings. The normalized spacial score (nSPS) is 28.1. The minimum Gasteiger partial charge on any atom is -0.361 e. The zero-order valence-electron chi connectivity index (χ0n) is 15.4. The summed E-state index contributed by atoms with van der Waals surface area (Å²) in [7, 11) is 0. The van der Waals surface area contributed by atoms with Crippen molar-refractivity contribution in [2.45, 2.75) is 58.4 Å². The van der Waals surface area contributed by atoms with Crippen LogP contribution in [-0.4, -0.2) is 16.9 Å². The first-order valence-electron chi connectivity index (χ1n) is 9.98. The van der Waals surface area contributed by atoms with Crippen molar-refractivity contribution in [1.82, 2.24) is 10.3 Å². The molecule has 3 heteroatoms. The van der Waals surface area contributed by atoms with Crippen LogP contribution in [0.5, 0.6) is 0 Å². The van der Waals surface area contributed by atoms with E-state index in [1.165, 1.54) is 35.7 Å².